The number of carbonyl (C=O) groups is 1. The van der Waals surface area contributed by atoms with Gasteiger partial charge >= 0.3 is 5.97 Å². The molecule has 0 N–H and O–H groups in total. The van der Waals surface area contributed by atoms with Gasteiger partial charge < -0.3 is 9.16 Å². The van der Waals surface area contributed by atoms with Crippen LogP contribution in [0.1, 0.15) is 42.4 Å². The smallest absolute Gasteiger partial charge is 0.337 e. The maximum Gasteiger partial charge on any atom is 0.337 e. The van der Waals surface area contributed by atoms with E-state index in [4.69, 9.17) is 9.16 Å². The van der Waals surface area contributed by atoms with Gasteiger partial charge in [0.1, 0.15) is 5.82 Å². The molecular formula is C33H34FNO3SSi. The molecule has 0 saturated heterocycles. The average Bonchev–Trinajstić information content (AvgIpc) is 3.32. The molecule has 0 saturated carbocycles. The number of rotatable bonds is 7. The Morgan fingerprint density at radius 1 is 0.975 bits per heavy atom. The quantitative estimate of drug-likeness (QED) is 0.0962. The zero-order chi connectivity index (χ0) is 28.9. The molecule has 2 heterocycles. The number of thiophene rings is 1. The molecule has 0 aliphatic carbocycles. The highest BCUT2D eigenvalue weighted by Gasteiger charge is 2.36. The van der Waals surface area contributed by atoms with Crippen molar-refractivity contribution in [2.75, 3.05) is 13.7 Å². The van der Waals surface area contributed by atoms with Crippen molar-refractivity contribution in [1.29, 1.82) is 0 Å². The number of ether oxygens (including phenoxy) is 1. The van der Waals surface area contributed by atoms with E-state index >= 15 is 0 Å². The Bertz CT molecular complexity index is 1540. The molecule has 2 aromatic carbocycles. The van der Waals surface area contributed by atoms with E-state index in [1.807, 2.05) is 30.3 Å². The van der Waals surface area contributed by atoms with Crippen molar-refractivity contribution in [3.8, 4) is 44.5 Å². The minimum atomic E-state index is -1.86. The molecule has 0 radical (unpaired) electrons. The lowest BCUT2D eigenvalue weighted by atomic mass is 9.92. The van der Waals surface area contributed by atoms with Gasteiger partial charge in [-0.1, -0.05) is 56.9 Å². The van der Waals surface area contributed by atoms with Crippen LogP contribution in [0.5, 0.6) is 0 Å². The summed E-state index contributed by atoms with van der Waals surface area (Å²) in [6, 6.07) is 17.8. The van der Waals surface area contributed by atoms with Crippen LogP contribution in [0, 0.1) is 17.7 Å². The summed E-state index contributed by atoms with van der Waals surface area (Å²) in [5.41, 5.74) is 5.02. The molecule has 0 amide bonds. The third-order valence-corrected chi connectivity index (χ3v) is 12.9. The second-order valence-electron chi connectivity index (χ2n) is 11.0. The van der Waals surface area contributed by atoms with E-state index in [0.717, 1.165) is 37.6 Å². The lowest BCUT2D eigenvalue weighted by Crippen LogP contribution is -2.40. The molecule has 0 fully saturated rings. The molecule has 0 unspecified atom stereocenters. The minimum Gasteiger partial charge on any atom is -0.465 e. The Hall–Kier alpha value is -3.57. The monoisotopic (exact) mass is 571 g/mol. The fraction of sp³-hybridized carbons (Fsp3) is 0.273. The zero-order valence-corrected chi connectivity index (χ0v) is 25.6. The fourth-order valence-electron chi connectivity index (χ4n) is 4.03. The number of benzene rings is 2. The summed E-state index contributed by atoms with van der Waals surface area (Å²) < 4.78 is 25.2. The first kappa shape index (κ1) is 29.4. The normalized spacial score (nSPS) is 11.6. The van der Waals surface area contributed by atoms with E-state index in [-0.39, 0.29) is 10.9 Å². The molecular weight excluding hydrogens is 538 g/mol. The van der Waals surface area contributed by atoms with Gasteiger partial charge in [-0.05, 0) is 71.2 Å². The average molecular weight is 572 g/mol. The van der Waals surface area contributed by atoms with E-state index in [9.17, 15) is 9.18 Å². The van der Waals surface area contributed by atoms with Crippen LogP contribution in [-0.2, 0) is 9.16 Å². The first-order valence-electron chi connectivity index (χ1n) is 13.2. The number of methoxy groups -OCH3 is 1. The molecule has 0 atom stereocenters. The van der Waals surface area contributed by atoms with Crippen molar-refractivity contribution in [2.24, 2.45) is 0 Å². The fourth-order valence-corrected chi connectivity index (χ4v) is 6.30. The summed E-state index contributed by atoms with van der Waals surface area (Å²) in [7, 11) is -0.489. The van der Waals surface area contributed by atoms with Gasteiger partial charge in [0, 0.05) is 41.4 Å². The van der Waals surface area contributed by atoms with Gasteiger partial charge in [0.15, 0.2) is 8.32 Å². The Balaban J connectivity index is 1.86. The third kappa shape index (κ3) is 6.59. The number of aromatic nitrogens is 1. The van der Waals surface area contributed by atoms with E-state index in [1.54, 1.807) is 41.9 Å². The van der Waals surface area contributed by atoms with Crippen molar-refractivity contribution in [1.82, 2.24) is 4.98 Å². The topological polar surface area (TPSA) is 48.4 Å². The maximum atomic E-state index is 13.8. The van der Waals surface area contributed by atoms with E-state index in [2.05, 4.69) is 50.7 Å². The van der Waals surface area contributed by atoms with Crippen LogP contribution in [0.2, 0.25) is 18.1 Å². The van der Waals surface area contributed by atoms with Gasteiger partial charge in [-0.15, -0.1) is 11.3 Å². The summed E-state index contributed by atoms with van der Waals surface area (Å²) in [5.74, 6) is 6.04. The minimum absolute atomic E-state index is 0.134. The van der Waals surface area contributed by atoms with Crippen LogP contribution < -0.4 is 0 Å². The first-order chi connectivity index (χ1) is 19.0. The number of hydrogen-bond donors (Lipinski definition) is 0. The van der Waals surface area contributed by atoms with Crippen LogP contribution in [0.3, 0.4) is 0 Å². The highest BCUT2D eigenvalue weighted by atomic mass is 32.1. The lowest BCUT2D eigenvalue weighted by Gasteiger charge is -2.35. The number of carbonyl (C=O) groups excluding carboxylic acids is 1. The largest absolute Gasteiger partial charge is 0.465 e. The second kappa shape index (κ2) is 12.3. The van der Waals surface area contributed by atoms with Gasteiger partial charge in [-0.2, -0.15) is 0 Å². The third-order valence-electron chi connectivity index (χ3n) is 7.25. The van der Waals surface area contributed by atoms with Crippen molar-refractivity contribution in [2.45, 2.75) is 45.3 Å². The Labute approximate surface area is 241 Å². The SMILES string of the molecule is COC(=O)c1cccc(-c2c(C#CCCO[Si](C)(C)C(C)(C)C)sc(-c3ccc(F)cc3)c2-c2ccncc2)c1. The zero-order valence-electron chi connectivity index (χ0n) is 23.8. The molecule has 0 aliphatic rings. The van der Waals surface area contributed by atoms with Crippen LogP contribution in [0.4, 0.5) is 4.39 Å². The van der Waals surface area contributed by atoms with Gasteiger partial charge in [-0.3, -0.25) is 4.98 Å². The molecule has 40 heavy (non-hydrogen) atoms. The van der Waals surface area contributed by atoms with Crippen LogP contribution in [0.15, 0.2) is 73.1 Å². The van der Waals surface area contributed by atoms with Crippen LogP contribution >= 0.6 is 11.3 Å². The van der Waals surface area contributed by atoms with E-state index in [1.165, 1.54) is 19.2 Å². The van der Waals surface area contributed by atoms with Gasteiger partial charge in [0.25, 0.3) is 0 Å². The summed E-state index contributed by atoms with van der Waals surface area (Å²) in [6.07, 6.45) is 4.10. The number of nitrogens with zero attached hydrogens (tertiary/aromatic N) is 1. The molecule has 206 valence electrons. The molecule has 0 bridgehead atoms. The second-order valence-corrected chi connectivity index (χ2v) is 16.8. The highest BCUT2D eigenvalue weighted by molar-refractivity contribution is 7.17. The molecule has 0 spiro atoms. The van der Waals surface area contributed by atoms with Crippen LogP contribution in [0.25, 0.3) is 32.7 Å². The molecule has 7 heteroatoms. The summed E-state index contributed by atoms with van der Waals surface area (Å²) >= 11 is 1.56. The summed E-state index contributed by atoms with van der Waals surface area (Å²) in [5, 5.41) is 0.134. The Morgan fingerprint density at radius 3 is 2.33 bits per heavy atom. The predicted octanol–water partition coefficient (Wildman–Crippen LogP) is 8.83. The van der Waals surface area contributed by atoms with E-state index < -0.39 is 14.3 Å². The van der Waals surface area contributed by atoms with Gasteiger partial charge in [0.05, 0.1) is 17.6 Å². The van der Waals surface area contributed by atoms with Crippen LogP contribution in [-0.4, -0.2) is 33.0 Å². The molecule has 4 nitrogen and oxygen atoms in total. The number of esters is 1. The Morgan fingerprint density at radius 2 is 1.68 bits per heavy atom. The lowest BCUT2D eigenvalue weighted by molar-refractivity contribution is 0.0600. The molecule has 2 aromatic heterocycles. The van der Waals surface area contributed by atoms with Crippen molar-refractivity contribution < 1.29 is 18.3 Å². The number of hydrogen-bond acceptors (Lipinski definition) is 5. The number of pyridine rings is 1. The van der Waals surface area contributed by atoms with E-state index in [0.29, 0.717) is 18.6 Å². The molecule has 4 aromatic rings. The predicted molar refractivity (Wildman–Crippen MR) is 164 cm³/mol. The Kier molecular flexibility index (Phi) is 9.04. The van der Waals surface area contributed by atoms with Gasteiger partial charge in [0.2, 0.25) is 0 Å². The molecule has 4 rings (SSSR count). The summed E-state index contributed by atoms with van der Waals surface area (Å²) in [6.45, 7) is 11.7. The van der Waals surface area contributed by atoms with Gasteiger partial charge in [-0.25, -0.2) is 9.18 Å². The number of halogens is 1. The highest BCUT2D eigenvalue weighted by Crippen LogP contribution is 2.48. The summed E-state index contributed by atoms with van der Waals surface area (Å²) in [4.78, 5) is 18.4. The van der Waals surface area contributed by atoms with Crippen molar-refractivity contribution in [3.63, 3.8) is 0 Å². The first-order valence-corrected chi connectivity index (χ1v) is 16.9. The maximum absolute atomic E-state index is 13.8. The standard InChI is InChI=1S/C33H34FNO3SSi/c1-33(2,3)40(5,6)38-21-8-7-12-28-29(25-10-9-11-26(22-25)32(36)37-4)30(23-17-19-35-20-18-23)31(39-28)24-13-15-27(34)16-14-24/h9-11,13-20,22H,8,21H2,1-6H3. The molecule has 0 aliphatic heterocycles. The van der Waals surface area contributed by atoms with Crippen molar-refractivity contribution >= 4 is 25.6 Å². The van der Waals surface area contributed by atoms with Crippen molar-refractivity contribution in [3.05, 3.63) is 89.3 Å².